The third kappa shape index (κ3) is 3.96. The number of non-ortho nitro benzene ring substituents is 1. The Morgan fingerprint density at radius 2 is 1.32 bits per heavy atom. The van der Waals surface area contributed by atoms with Crippen LogP contribution in [0.1, 0.15) is 0 Å². The maximum Gasteiger partial charge on any atom is 0.318 e. The van der Waals surface area contributed by atoms with Crippen LogP contribution in [-0.4, -0.2) is 26.7 Å². The molecule has 0 radical (unpaired) electrons. The van der Waals surface area contributed by atoms with Crippen LogP contribution in [0.25, 0.3) is 0 Å². The molecule has 2 aromatic rings. The lowest BCUT2D eigenvalue weighted by molar-refractivity contribution is -0.387. The first-order valence-electron chi connectivity index (χ1n) is 6.23. The zero-order valence-corrected chi connectivity index (χ0v) is 13.6. The monoisotopic (exact) mass is 388 g/mol. The van der Waals surface area contributed by atoms with E-state index in [1.807, 2.05) is 0 Å². The zero-order valence-electron chi connectivity index (χ0n) is 12.0. The Balaban J connectivity index is 2.43. The first kappa shape index (κ1) is 18.4. The third-order valence-electron chi connectivity index (χ3n) is 2.85. The van der Waals surface area contributed by atoms with E-state index in [4.69, 9.17) is 0 Å². The normalized spacial score (nSPS) is 11.8. The summed E-state index contributed by atoms with van der Waals surface area (Å²) in [7, 11) is -9.92. The number of nitro groups is 2. The molecule has 0 saturated heterocycles. The minimum Gasteiger partial charge on any atom is -0.258 e. The minimum atomic E-state index is -5.03. The highest BCUT2D eigenvalue weighted by molar-refractivity contribution is 8.00. The molecular formula is C12H8N2O9S2. The standard InChI is InChI=1S/C12H8N2O9S2/c15-13(16)9-5-7-10(8-6-9)24(19,20)23-25(21,22)12-4-2-1-3-11(12)14(17)18/h1-8H. The third-order valence-corrected chi connectivity index (χ3v) is 6.01. The molecule has 0 unspecified atom stereocenters. The van der Waals surface area contributed by atoms with E-state index in [-0.39, 0.29) is 0 Å². The van der Waals surface area contributed by atoms with Crippen LogP contribution in [0.5, 0.6) is 0 Å². The molecule has 2 rings (SSSR count). The van der Waals surface area contributed by atoms with Gasteiger partial charge >= 0.3 is 20.2 Å². The smallest absolute Gasteiger partial charge is 0.258 e. The maximum atomic E-state index is 12.1. The van der Waals surface area contributed by atoms with Gasteiger partial charge in [-0.1, -0.05) is 12.1 Å². The predicted octanol–water partition coefficient (Wildman–Crippen LogP) is 1.60. The number of hydrogen-bond donors (Lipinski definition) is 0. The van der Waals surface area contributed by atoms with E-state index in [0.717, 1.165) is 42.5 Å². The van der Waals surface area contributed by atoms with Gasteiger partial charge in [-0.25, -0.2) is 0 Å². The van der Waals surface area contributed by atoms with Crippen molar-refractivity contribution in [3.8, 4) is 0 Å². The quantitative estimate of drug-likeness (QED) is 0.528. The van der Waals surface area contributed by atoms with Crippen LogP contribution in [-0.2, 0) is 23.9 Å². The second-order valence-corrected chi connectivity index (χ2v) is 7.72. The molecule has 13 heteroatoms. The van der Waals surface area contributed by atoms with Crippen molar-refractivity contribution in [2.75, 3.05) is 0 Å². The van der Waals surface area contributed by atoms with Crippen molar-refractivity contribution in [1.29, 1.82) is 0 Å². The number of hydrogen-bond acceptors (Lipinski definition) is 9. The molecule has 0 spiro atoms. The number of para-hydroxylation sites is 1. The van der Waals surface area contributed by atoms with Crippen LogP contribution in [0.4, 0.5) is 11.4 Å². The Bertz CT molecular complexity index is 1040. The molecule has 0 atom stereocenters. The van der Waals surface area contributed by atoms with Crippen molar-refractivity contribution in [1.82, 2.24) is 0 Å². The molecule has 0 aliphatic carbocycles. The van der Waals surface area contributed by atoms with Gasteiger partial charge in [-0.2, -0.15) is 16.8 Å². The lowest BCUT2D eigenvalue weighted by atomic mass is 10.3. The molecule has 132 valence electrons. The summed E-state index contributed by atoms with van der Waals surface area (Å²) >= 11 is 0. The van der Waals surface area contributed by atoms with Gasteiger partial charge in [-0.05, 0) is 18.2 Å². The second kappa shape index (κ2) is 6.54. The van der Waals surface area contributed by atoms with Gasteiger partial charge in [0.1, 0.15) is 0 Å². The number of nitrogens with zero attached hydrogens (tertiary/aromatic N) is 2. The topological polar surface area (TPSA) is 164 Å². The molecule has 25 heavy (non-hydrogen) atoms. The van der Waals surface area contributed by atoms with Gasteiger partial charge in [-0.3, -0.25) is 20.2 Å². The molecule has 0 saturated carbocycles. The van der Waals surface area contributed by atoms with Gasteiger partial charge < -0.3 is 0 Å². The summed E-state index contributed by atoms with van der Waals surface area (Å²) in [5.41, 5.74) is -1.28. The molecule has 0 bridgehead atoms. The van der Waals surface area contributed by atoms with E-state index in [0.29, 0.717) is 0 Å². The molecule has 0 N–H and O–H groups in total. The fourth-order valence-electron chi connectivity index (χ4n) is 1.75. The van der Waals surface area contributed by atoms with E-state index in [1.165, 1.54) is 6.07 Å². The highest BCUT2D eigenvalue weighted by atomic mass is 32.3. The summed E-state index contributed by atoms with van der Waals surface area (Å²) < 4.78 is 52.5. The van der Waals surface area contributed by atoms with Gasteiger partial charge in [0.05, 0.1) is 14.7 Å². The number of nitro benzene ring substituents is 2. The van der Waals surface area contributed by atoms with Gasteiger partial charge in [0, 0.05) is 18.2 Å². The fraction of sp³-hybridized carbons (Fsp3) is 0. The number of benzene rings is 2. The van der Waals surface area contributed by atoms with Crippen LogP contribution in [0.15, 0.2) is 58.3 Å². The Morgan fingerprint density at radius 1 is 0.760 bits per heavy atom. The van der Waals surface area contributed by atoms with Crippen molar-refractivity contribution in [2.45, 2.75) is 9.79 Å². The van der Waals surface area contributed by atoms with E-state index in [1.54, 1.807) is 0 Å². The molecule has 0 aromatic heterocycles. The Hall–Kier alpha value is -2.90. The van der Waals surface area contributed by atoms with Crippen molar-refractivity contribution in [3.63, 3.8) is 0 Å². The van der Waals surface area contributed by atoms with E-state index >= 15 is 0 Å². The average Bonchev–Trinajstić information content (AvgIpc) is 2.54. The van der Waals surface area contributed by atoms with Gasteiger partial charge in [0.2, 0.25) is 0 Å². The van der Waals surface area contributed by atoms with Gasteiger partial charge in [0.25, 0.3) is 11.4 Å². The van der Waals surface area contributed by atoms with Crippen LogP contribution in [0.3, 0.4) is 0 Å². The van der Waals surface area contributed by atoms with Crippen LogP contribution < -0.4 is 0 Å². The van der Waals surface area contributed by atoms with E-state index in [9.17, 15) is 37.1 Å². The van der Waals surface area contributed by atoms with Crippen molar-refractivity contribution in [2.24, 2.45) is 0 Å². The maximum absolute atomic E-state index is 12.1. The van der Waals surface area contributed by atoms with E-state index < -0.39 is 51.2 Å². The summed E-state index contributed by atoms with van der Waals surface area (Å²) in [6.45, 7) is 0. The SMILES string of the molecule is O=[N+]([O-])c1ccc(S(=O)(=O)OS(=O)(=O)c2ccccc2[N+](=O)[O-])cc1. The summed E-state index contributed by atoms with van der Waals surface area (Å²) in [6.07, 6.45) is 0. The van der Waals surface area contributed by atoms with Crippen LogP contribution >= 0.6 is 0 Å². The second-order valence-electron chi connectivity index (χ2n) is 4.45. The van der Waals surface area contributed by atoms with Crippen LogP contribution in [0, 0.1) is 20.2 Å². The highest BCUT2D eigenvalue weighted by Gasteiger charge is 2.32. The first-order chi connectivity index (χ1) is 11.5. The summed E-state index contributed by atoms with van der Waals surface area (Å²) in [5, 5.41) is 21.4. The molecule has 0 aliphatic rings. The van der Waals surface area contributed by atoms with Crippen molar-refractivity contribution < 1.29 is 30.3 Å². The van der Waals surface area contributed by atoms with Gasteiger partial charge in [-0.15, -0.1) is 3.63 Å². The average molecular weight is 388 g/mol. The number of rotatable bonds is 6. The molecular weight excluding hydrogens is 380 g/mol. The molecule has 0 aliphatic heterocycles. The Kier molecular flexibility index (Phi) is 4.82. The molecule has 0 heterocycles. The van der Waals surface area contributed by atoms with Crippen molar-refractivity contribution in [3.05, 3.63) is 68.8 Å². The Labute approximate surface area is 141 Å². The summed E-state index contributed by atoms with van der Waals surface area (Å²) in [6, 6.07) is 7.28. The zero-order chi connectivity index (χ0) is 18.8. The highest BCUT2D eigenvalue weighted by Crippen LogP contribution is 2.28. The molecule has 0 amide bonds. The fourth-order valence-corrected chi connectivity index (χ4v) is 4.41. The van der Waals surface area contributed by atoms with Gasteiger partial charge in [0.15, 0.2) is 4.90 Å². The Morgan fingerprint density at radius 3 is 1.84 bits per heavy atom. The largest absolute Gasteiger partial charge is 0.318 e. The molecule has 11 nitrogen and oxygen atoms in total. The molecule has 2 aromatic carbocycles. The van der Waals surface area contributed by atoms with E-state index in [2.05, 4.69) is 3.63 Å². The lowest BCUT2D eigenvalue weighted by Gasteiger charge is -2.06. The minimum absolute atomic E-state index is 0.416. The summed E-state index contributed by atoms with van der Waals surface area (Å²) in [5.74, 6) is 0. The predicted molar refractivity (Wildman–Crippen MR) is 81.6 cm³/mol. The lowest BCUT2D eigenvalue weighted by Crippen LogP contribution is -2.15. The first-order valence-corrected chi connectivity index (χ1v) is 9.05. The molecule has 0 fully saturated rings. The summed E-state index contributed by atoms with van der Waals surface area (Å²) in [4.78, 5) is 18.0. The van der Waals surface area contributed by atoms with Crippen LogP contribution in [0.2, 0.25) is 0 Å². The van der Waals surface area contributed by atoms with Crippen molar-refractivity contribution >= 4 is 31.6 Å².